The summed E-state index contributed by atoms with van der Waals surface area (Å²) in [4.78, 5) is 13.1. The van der Waals surface area contributed by atoms with Crippen molar-refractivity contribution in [3.63, 3.8) is 0 Å². The largest absolute Gasteiger partial charge is 0.355 e. The van der Waals surface area contributed by atoms with E-state index < -0.39 is 0 Å². The van der Waals surface area contributed by atoms with Gasteiger partial charge in [-0.1, -0.05) is 30.3 Å². The Bertz CT molecular complexity index is 796. The first-order chi connectivity index (χ1) is 11.8. The number of hydrogen-bond acceptors (Lipinski definition) is 4. The van der Waals surface area contributed by atoms with E-state index in [1.54, 1.807) is 18.0 Å². The average molecular weight is 321 g/mol. The minimum atomic E-state index is -0.0768. The van der Waals surface area contributed by atoms with Gasteiger partial charge in [-0.3, -0.25) is 4.79 Å². The second kappa shape index (κ2) is 7.52. The summed E-state index contributed by atoms with van der Waals surface area (Å²) in [5, 5.41) is 14.7. The van der Waals surface area contributed by atoms with Crippen molar-refractivity contribution >= 4 is 5.91 Å². The fourth-order valence-electron chi connectivity index (χ4n) is 2.31. The van der Waals surface area contributed by atoms with E-state index in [2.05, 4.69) is 20.8 Å². The summed E-state index contributed by atoms with van der Waals surface area (Å²) in [5.74, 6) is -0.0768. The van der Waals surface area contributed by atoms with Crippen LogP contribution in [-0.4, -0.2) is 27.9 Å². The van der Waals surface area contributed by atoms with E-state index in [-0.39, 0.29) is 5.91 Å². The SMILES string of the molecule is CNC(=O)c1ccc(CNCc2cnn(-c3ccccc3)n2)cc1. The molecule has 0 aliphatic rings. The van der Waals surface area contributed by atoms with Gasteiger partial charge in [0.25, 0.3) is 5.91 Å². The van der Waals surface area contributed by atoms with Gasteiger partial charge in [0.15, 0.2) is 0 Å². The van der Waals surface area contributed by atoms with Crippen LogP contribution in [0.2, 0.25) is 0 Å². The summed E-state index contributed by atoms with van der Waals surface area (Å²) in [5.41, 5.74) is 3.58. The standard InChI is InChI=1S/C18H19N5O/c1-19-18(24)15-9-7-14(8-10-15)11-20-12-16-13-21-23(22-16)17-5-3-2-4-6-17/h2-10,13,20H,11-12H2,1H3,(H,19,24). The quantitative estimate of drug-likeness (QED) is 0.727. The van der Waals surface area contributed by atoms with E-state index >= 15 is 0 Å². The van der Waals surface area contributed by atoms with Crippen LogP contribution in [0, 0.1) is 0 Å². The number of nitrogens with one attached hydrogen (secondary N) is 2. The minimum absolute atomic E-state index is 0.0768. The molecule has 0 bridgehead atoms. The topological polar surface area (TPSA) is 71.8 Å². The number of benzene rings is 2. The van der Waals surface area contributed by atoms with E-state index in [4.69, 9.17) is 0 Å². The first kappa shape index (κ1) is 15.9. The Morgan fingerprint density at radius 3 is 2.50 bits per heavy atom. The van der Waals surface area contributed by atoms with Gasteiger partial charge in [0.1, 0.15) is 0 Å². The van der Waals surface area contributed by atoms with Crippen LogP contribution in [0.3, 0.4) is 0 Å². The van der Waals surface area contributed by atoms with E-state index in [1.807, 2.05) is 54.6 Å². The summed E-state index contributed by atoms with van der Waals surface area (Å²) >= 11 is 0. The first-order valence-electron chi connectivity index (χ1n) is 7.74. The lowest BCUT2D eigenvalue weighted by atomic mass is 10.1. The third kappa shape index (κ3) is 3.85. The third-order valence-corrected chi connectivity index (χ3v) is 3.60. The molecular formula is C18H19N5O. The minimum Gasteiger partial charge on any atom is -0.355 e. The Hall–Kier alpha value is -2.99. The van der Waals surface area contributed by atoms with Gasteiger partial charge in [0.05, 0.1) is 17.6 Å². The molecule has 0 aliphatic carbocycles. The predicted octanol–water partition coefficient (Wildman–Crippen LogP) is 1.92. The van der Waals surface area contributed by atoms with E-state index in [1.165, 1.54) is 0 Å². The van der Waals surface area contributed by atoms with Crippen LogP contribution in [0.25, 0.3) is 5.69 Å². The molecule has 1 aromatic heterocycles. The van der Waals surface area contributed by atoms with Crippen molar-refractivity contribution in [1.82, 2.24) is 25.6 Å². The molecule has 0 atom stereocenters. The monoisotopic (exact) mass is 321 g/mol. The summed E-state index contributed by atoms with van der Waals surface area (Å²) in [6, 6.07) is 17.3. The van der Waals surface area contributed by atoms with Crippen LogP contribution >= 0.6 is 0 Å². The Morgan fingerprint density at radius 2 is 1.79 bits per heavy atom. The van der Waals surface area contributed by atoms with Gasteiger partial charge < -0.3 is 10.6 Å². The van der Waals surface area contributed by atoms with Gasteiger partial charge in [-0.2, -0.15) is 15.0 Å². The average Bonchev–Trinajstić information content (AvgIpc) is 3.11. The first-order valence-corrected chi connectivity index (χ1v) is 7.74. The molecule has 6 heteroatoms. The van der Waals surface area contributed by atoms with Gasteiger partial charge in [-0.25, -0.2) is 0 Å². The van der Waals surface area contributed by atoms with Crippen LogP contribution in [0.4, 0.5) is 0 Å². The summed E-state index contributed by atoms with van der Waals surface area (Å²) in [6.07, 6.45) is 1.76. The molecule has 0 fully saturated rings. The van der Waals surface area contributed by atoms with Gasteiger partial charge in [-0.05, 0) is 29.8 Å². The summed E-state index contributed by atoms with van der Waals surface area (Å²) in [6.45, 7) is 1.33. The molecule has 1 heterocycles. The molecule has 122 valence electrons. The van der Waals surface area contributed by atoms with Crippen molar-refractivity contribution < 1.29 is 4.79 Å². The molecular weight excluding hydrogens is 302 g/mol. The molecule has 0 radical (unpaired) electrons. The van der Waals surface area contributed by atoms with Crippen molar-refractivity contribution in [3.05, 3.63) is 77.6 Å². The highest BCUT2D eigenvalue weighted by Crippen LogP contribution is 2.06. The number of carbonyl (C=O) groups is 1. The van der Waals surface area contributed by atoms with E-state index in [0.29, 0.717) is 18.7 Å². The van der Waals surface area contributed by atoms with E-state index in [9.17, 15) is 4.79 Å². The smallest absolute Gasteiger partial charge is 0.251 e. The maximum atomic E-state index is 11.5. The van der Waals surface area contributed by atoms with Crippen molar-refractivity contribution in [1.29, 1.82) is 0 Å². The zero-order valence-corrected chi connectivity index (χ0v) is 13.4. The Balaban J connectivity index is 1.53. The zero-order chi connectivity index (χ0) is 16.8. The maximum Gasteiger partial charge on any atom is 0.251 e. The normalized spacial score (nSPS) is 10.5. The Kier molecular flexibility index (Phi) is 4.98. The Labute approximate surface area is 140 Å². The molecule has 1 amide bonds. The van der Waals surface area contributed by atoms with Crippen LogP contribution in [0.5, 0.6) is 0 Å². The van der Waals surface area contributed by atoms with Crippen molar-refractivity contribution in [3.8, 4) is 5.69 Å². The number of rotatable bonds is 6. The van der Waals surface area contributed by atoms with Crippen molar-refractivity contribution in [2.45, 2.75) is 13.1 Å². The van der Waals surface area contributed by atoms with Crippen LogP contribution in [0.1, 0.15) is 21.6 Å². The molecule has 2 aromatic carbocycles. The number of hydrogen-bond donors (Lipinski definition) is 2. The lowest BCUT2D eigenvalue weighted by Gasteiger charge is -2.04. The van der Waals surface area contributed by atoms with Crippen LogP contribution in [0.15, 0.2) is 60.8 Å². The second-order valence-electron chi connectivity index (χ2n) is 5.34. The predicted molar refractivity (Wildman–Crippen MR) is 91.7 cm³/mol. The fraction of sp³-hybridized carbons (Fsp3) is 0.167. The maximum absolute atomic E-state index is 11.5. The van der Waals surface area contributed by atoms with Gasteiger partial charge in [-0.15, -0.1) is 0 Å². The zero-order valence-electron chi connectivity index (χ0n) is 13.4. The van der Waals surface area contributed by atoms with Crippen molar-refractivity contribution in [2.75, 3.05) is 7.05 Å². The molecule has 24 heavy (non-hydrogen) atoms. The summed E-state index contributed by atoms with van der Waals surface area (Å²) in [7, 11) is 1.63. The number of para-hydroxylation sites is 1. The van der Waals surface area contributed by atoms with Gasteiger partial charge >= 0.3 is 0 Å². The number of aromatic nitrogens is 3. The highest BCUT2D eigenvalue weighted by molar-refractivity contribution is 5.93. The highest BCUT2D eigenvalue weighted by atomic mass is 16.1. The number of nitrogens with zero attached hydrogens (tertiary/aromatic N) is 3. The molecule has 2 N–H and O–H groups in total. The molecule has 3 aromatic rings. The molecule has 0 unspecified atom stereocenters. The number of carbonyl (C=O) groups excluding carboxylic acids is 1. The molecule has 0 aliphatic heterocycles. The highest BCUT2D eigenvalue weighted by Gasteiger charge is 2.04. The van der Waals surface area contributed by atoms with Crippen LogP contribution < -0.4 is 10.6 Å². The lowest BCUT2D eigenvalue weighted by molar-refractivity contribution is 0.0963. The third-order valence-electron chi connectivity index (χ3n) is 3.60. The van der Waals surface area contributed by atoms with Crippen molar-refractivity contribution in [2.24, 2.45) is 0 Å². The molecule has 0 saturated carbocycles. The molecule has 0 saturated heterocycles. The molecule has 3 rings (SSSR count). The summed E-state index contributed by atoms with van der Waals surface area (Å²) < 4.78 is 0. The lowest BCUT2D eigenvalue weighted by Crippen LogP contribution is -2.18. The van der Waals surface area contributed by atoms with Gasteiger partial charge in [0, 0.05) is 25.7 Å². The number of amides is 1. The van der Waals surface area contributed by atoms with E-state index in [0.717, 1.165) is 16.9 Å². The molecule has 6 nitrogen and oxygen atoms in total. The van der Waals surface area contributed by atoms with Crippen LogP contribution in [-0.2, 0) is 13.1 Å². The fourth-order valence-corrected chi connectivity index (χ4v) is 2.31. The molecule has 0 spiro atoms. The van der Waals surface area contributed by atoms with Gasteiger partial charge in [0.2, 0.25) is 0 Å². The second-order valence-corrected chi connectivity index (χ2v) is 5.34. The Morgan fingerprint density at radius 1 is 1.04 bits per heavy atom.